The van der Waals surface area contributed by atoms with Gasteiger partial charge in [0.25, 0.3) is 5.91 Å². The number of amides is 2. The SMILES string of the molecule is CCN(C(=O)c1cc(N2CCN(C(C)=O)CC2)ccn1)c1cccc(C)c1. The Labute approximate surface area is 160 Å². The Morgan fingerprint density at radius 3 is 2.48 bits per heavy atom. The number of rotatable bonds is 4. The summed E-state index contributed by atoms with van der Waals surface area (Å²) in [7, 11) is 0. The number of carbonyl (C=O) groups is 2. The van der Waals surface area contributed by atoms with E-state index >= 15 is 0 Å². The molecule has 2 aromatic rings. The molecule has 1 fully saturated rings. The molecule has 142 valence electrons. The Morgan fingerprint density at radius 1 is 1.11 bits per heavy atom. The standard InChI is InChI=1S/C21H26N4O2/c1-4-25(19-7-5-6-16(2)14-19)21(27)20-15-18(8-9-22-20)24-12-10-23(11-13-24)17(3)26/h5-9,14-15H,4,10-13H2,1-3H3. The maximum absolute atomic E-state index is 13.1. The molecule has 0 radical (unpaired) electrons. The van der Waals surface area contributed by atoms with Gasteiger partial charge < -0.3 is 14.7 Å². The number of hydrogen-bond acceptors (Lipinski definition) is 4. The van der Waals surface area contributed by atoms with Crippen LogP contribution >= 0.6 is 0 Å². The van der Waals surface area contributed by atoms with Gasteiger partial charge in [-0.05, 0) is 43.7 Å². The highest BCUT2D eigenvalue weighted by Crippen LogP contribution is 2.21. The zero-order chi connectivity index (χ0) is 19.4. The average Bonchev–Trinajstić information content (AvgIpc) is 2.69. The molecule has 6 heteroatoms. The van der Waals surface area contributed by atoms with Crippen LogP contribution in [0.4, 0.5) is 11.4 Å². The molecule has 3 rings (SSSR count). The Balaban J connectivity index is 1.78. The van der Waals surface area contributed by atoms with Crippen molar-refractivity contribution in [3.8, 4) is 0 Å². The average molecular weight is 366 g/mol. The van der Waals surface area contributed by atoms with E-state index in [9.17, 15) is 9.59 Å². The van der Waals surface area contributed by atoms with Gasteiger partial charge in [0.15, 0.2) is 0 Å². The largest absolute Gasteiger partial charge is 0.368 e. The lowest BCUT2D eigenvalue weighted by atomic mass is 10.2. The summed E-state index contributed by atoms with van der Waals surface area (Å²) in [6.45, 7) is 9.07. The summed E-state index contributed by atoms with van der Waals surface area (Å²) < 4.78 is 0. The number of piperazine rings is 1. The summed E-state index contributed by atoms with van der Waals surface area (Å²) in [6, 6.07) is 11.7. The molecule has 2 heterocycles. The van der Waals surface area contributed by atoms with E-state index in [1.165, 1.54) is 0 Å². The van der Waals surface area contributed by atoms with Gasteiger partial charge in [-0.3, -0.25) is 14.6 Å². The van der Waals surface area contributed by atoms with Crippen molar-refractivity contribution >= 4 is 23.2 Å². The topological polar surface area (TPSA) is 56.8 Å². The number of anilines is 2. The Hall–Kier alpha value is -2.89. The number of nitrogens with zero attached hydrogens (tertiary/aromatic N) is 4. The van der Waals surface area contributed by atoms with Crippen LogP contribution in [0.25, 0.3) is 0 Å². The Kier molecular flexibility index (Phi) is 5.74. The monoisotopic (exact) mass is 366 g/mol. The first-order valence-corrected chi connectivity index (χ1v) is 9.34. The second-order valence-corrected chi connectivity index (χ2v) is 6.78. The minimum absolute atomic E-state index is 0.104. The van der Waals surface area contributed by atoms with Gasteiger partial charge in [-0.25, -0.2) is 0 Å². The molecule has 0 N–H and O–H groups in total. The molecule has 6 nitrogen and oxygen atoms in total. The summed E-state index contributed by atoms with van der Waals surface area (Å²) >= 11 is 0. The third kappa shape index (κ3) is 4.27. The van der Waals surface area contributed by atoms with Gasteiger partial charge in [0, 0.05) is 57.2 Å². The summed E-state index contributed by atoms with van der Waals surface area (Å²) in [6.07, 6.45) is 1.68. The zero-order valence-corrected chi connectivity index (χ0v) is 16.2. The second-order valence-electron chi connectivity index (χ2n) is 6.78. The maximum atomic E-state index is 13.1. The lowest BCUT2D eigenvalue weighted by molar-refractivity contribution is -0.129. The van der Waals surface area contributed by atoms with Gasteiger partial charge in [0.1, 0.15) is 5.69 Å². The highest BCUT2D eigenvalue weighted by atomic mass is 16.2. The number of pyridine rings is 1. The van der Waals surface area contributed by atoms with E-state index in [2.05, 4.69) is 9.88 Å². The molecule has 0 bridgehead atoms. The van der Waals surface area contributed by atoms with E-state index in [4.69, 9.17) is 0 Å². The summed E-state index contributed by atoms with van der Waals surface area (Å²) in [5.74, 6) is 0.00399. The first kappa shape index (κ1) is 18.9. The van der Waals surface area contributed by atoms with Gasteiger partial charge in [0.05, 0.1) is 0 Å². The fraction of sp³-hybridized carbons (Fsp3) is 0.381. The van der Waals surface area contributed by atoms with Crippen LogP contribution in [-0.4, -0.2) is 54.4 Å². The molecule has 0 atom stereocenters. The fourth-order valence-electron chi connectivity index (χ4n) is 3.39. The van der Waals surface area contributed by atoms with Crippen LogP contribution in [0.15, 0.2) is 42.6 Å². The molecular formula is C21H26N4O2. The van der Waals surface area contributed by atoms with Crippen LogP contribution in [0.1, 0.15) is 29.9 Å². The minimum Gasteiger partial charge on any atom is -0.368 e. The summed E-state index contributed by atoms with van der Waals surface area (Å²) in [5, 5.41) is 0. The third-order valence-corrected chi connectivity index (χ3v) is 4.93. The van der Waals surface area contributed by atoms with Crippen molar-refractivity contribution in [2.45, 2.75) is 20.8 Å². The predicted molar refractivity (Wildman–Crippen MR) is 107 cm³/mol. The van der Waals surface area contributed by atoms with Crippen LogP contribution < -0.4 is 9.80 Å². The molecule has 1 saturated heterocycles. The van der Waals surface area contributed by atoms with Gasteiger partial charge in [-0.1, -0.05) is 12.1 Å². The molecule has 27 heavy (non-hydrogen) atoms. The van der Waals surface area contributed by atoms with Crippen molar-refractivity contribution in [2.75, 3.05) is 42.5 Å². The minimum atomic E-state index is -0.104. The highest BCUT2D eigenvalue weighted by molar-refractivity contribution is 6.05. The van der Waals surface area contributed by atoms with Crippen molar-refractivity contribution < 1.29 is 9.59 Å². The van der Waals surface area contributed by atoms with E-state index in [0.717, 1.165) is 30.0 Å². The van der Waals surface area contributed by atoms with Crippen LogP contribution in [0.2, 0.25) is 0 Å². The molecular weight excluding hydrogens is 340 g/mol. The van der Waals surface area contributed by atoms with Crippen molar-refractivity contribution in [3.63, 3.8) is 0 Å². The first-order chi connectivity index (χ1) is 13.0. The van der Waals surface area contributed by atoms with Gasteiger partial charge >= 0.3 is 0 Å². The fourth-order valence-corrected chi connectivity index (χ4v) is 3.39. The van der Waals surface area contributed by atoms with Gasteiger partial charge in [-0.2, -0.15) is 0 Å². The number of aromatic nitrogens is 1. The van der Waals surface area contributed by atoms with Crippen molar-refractivity contribution in [2.24, 2.45) is 0 Å². The van der Waals surface area contributed by atoms with Crippen molar-refractivity contribution in [3.05, 3.63) is 53.9 Å². The molecule has 1 aromatic carbocycles. The van der Waals surface area contributed by atoms with E-state index < -0.39 is 0 Å². The Bertz CT molecular complexity index is 828. The van der Waals surface area contributed by atoms with Gasteiger partial charge in [-0.15, -0.1) is 0 Å². The van der Waals surface area contributed by atoms with E-state index in [1.807, 2.05) is 55.1 Å². The van der Waals surface area contributed by atoms with Crippen LogP contribution in [0.5, 0.6) is 0 Å². The quantitative estimate of drug-likeness (QED) is 0.835. The second kappa shape index (κ2) is 8.20. The number of carbonyl (C=O) groups excluding carboxylic acids is 2. The summed E-state index contributed by atoms with van der Waals surface area (Å²) in [4.78, 5) is 34.7. The van der Waals surface area contributed by atoms with Crippen LogP contribution in [0, 0.1) is 6.92 Å². The smallest absolute Gasteiger partial charge is 0.276 e. The predicted octanol–water partition coefficient (Wildman–Crippen LogP) is 2.73. The molecule has 1 aromatic heterocycles. The molecule has 0 unspecified atom stereocenters. The number of hydrogen-bond donors (Lipinski definition) is 0. The molecule has 1 aliphatic heterocycles. The first-order valence-electron chi connectivity index (χ1n) is 9.34. The van der Waals surface area contributed by atoms with Crippen LogP contribution in [0.3, 0.4) is 0 Å². The van der Waals surface area contributed by atoms with E-state index in [-0.39, 0.29) is 11.8 Å². The number of aryl methyl sites for hydroxylation is 1. The zero-order valence-electron chi connectivity index (χ0n) is 16.2. The van der Waals surface area contributed by atoms with Gasteiger partial charge in [0.2, 0.25) is 5.91 Å². The third-order valence-electron chi connectivity index (χ3n) is 4.93. The molecule has 0 aliphatic carbocycles. The lowest BCUT2D eigenvalue weighted by Gasteiger charge is -2.35. The van der Waals surface area contributed by atoms with E-state index in [0.29, 0.717) is 25.3 Å². The highest BCUT2D eigenvalue weighted by Gasteiger charge is 2.22. The molecule has 1 aliphatic rings. The maximum Gasteiger partial charge on any atom is 0.276 e. The number of benzene rings is 1. The molecule has 0 spiro atoms. The lowest BCUT2D eigenvalue weighted by Crippen LogP contribution is -2.48. The Morgan fingerprint density at radius 2 is 1.85 bits per heavy atom. The normalized spacial score (nSPS) is 14.2. The van der Waals surface area contributed by atoms with Crippen LogP contribution in [-0.2, 0) is 4.79 Å². The molecule has 0 saturated carbocycles. The van der Waals surface area contributed by atoms with Crippen molar-refractivity contribution in [1.29, 1.82) is 0 Å². The molecule has 2 amide bonds. The van der Waals surface area contributed by atoms with E-state index in [1.54, 1.807) is 18.0 Å². The van der Waals surface area contributed by atoms with Crippen molar-refractivity contribution in [1.82, 2.24) is 9.88 Å². The summed E-state index contributed by atoms with van der Waals surface area (Å²) in [5.41, 5.74) is 3.40.